The summed E-state index contributed by atoms with van der Waals surface area (Å²) in [7, 11) is 0. The number of ether oxygens (including phenoxy) is 1. The monoisotopic (exact) mass is 197 g/mol. The lowest BCUT2D eigenvalue weighted by Gasteiger charge is -2.43. The van der Waals surface area contributed by atoms with E-state index in [2.05, 4.69) is 6.07 Å². The van der Waals surface area contributed by atoms with Gasteiger partial charge in [0.25, 0.3) is 0 Å². The third kappa shape index (κ3) is 2.26. The minimum atomic E-state index is -0.856. The van der Waals surface area contributed by atoms with Gasteiger partial charge in [0.2, 0.25) is 0 Å². The molecule has 0 spiro atoms. The van der Waals surface area contributed by atoms with Crippen molar-refractivity contribution in [1.82, 2.24) is 0 Å². The van der Waals surface area contributed by atoms with Crippen LogP contribution in [-0.4, -0.2) is 22.9 Å². The Morgan fingerprint density at radius 1 is 1.57 bits per heavy atom. The quantitative estimate of drug-likeness (QED) is 0.735. The lowest BCUT2D eigenvalue weighted by molar-refractivity contribution is -0.158. The van der Waals surface area contributed by atoms with Crippen LogP contribution in [0.25, 0.3) is 0 Å². The van der Waals surface area contributed by atoms with Crippen LogP contribution in [0, 0.1) is 17.2 Å². The molecule has 1 fully saturated rings. The third-order valence-corrected chi connectivity index (χ3v) is 2.97. The highest BCUT2D eigenvalue weighted by molar-refractivity contribution is 5.02. The Hall–Kier alpha value is -0.590. The summed E-state index contributed by atoms with van der Waals surface area (Å²) >= 11 is 0. The Balaban J connectivity index is 2.78. The molecule has 0 aromatic rings. The molecule has 80 valence electrons. The van der Waals surface area contributed by atoms with Crippen molar-refractivity contribution in [1.29, 1.82) is 5.26 Å². The molecule has 0 radical (unpaired) electrons. The number of nitriles is 1. The largest absolute Gasteiger partial charge is 0.388 e. The molecule has 1 aliphatic heterocycles. The number of aliphatic hydroxyl groups is 1. The fourth-order valence-electron chi connectivity index (χ4n) is 2.27. The maximum absolute atomic E-state index is 10.4. The summed E-state index contributed by atoms with van der Waals surface area (Å²) in [6.07, 6.45) is 1.82. The highest BCUT2D eigenvalue weighted by Gasteiger charge is 2.44. The van der Waals surface area contributed by atoms with E-state index in [1.54, 1.807) is 0 Å². The van der Waals surface area contributed by atoms with Gasteiger partial charge in [-0.25, -0.2) is 0 Å². The third-order valence-electron chi connectivity index (χ3n) is 2.97. The molecule has 0 saturated carbocycles. The van der Waals surface area contributed by atoms with Crippen LogP contribution in [0.3, 0.4) is 0 Å². The second-order valence-electron chi connectivity index (χ2n) is 4.73. The van der Waals surface area contributed by atoms with Crippen LogP contribution in [0.1, 0.15) is 40.0 Å². The minimum absolute atomic E-state index is 0.273. The van der Waals surface area contributed by atoms with Crippen molar-refractivity contribution < 1.29 is 9.84 Å². The molecule has 2 atom stereocenters. The van der Waals surface area contributed by atoms with Crippen molar-refractivity contribution in [3.05, 3.63) is 0 Å². The van der Waals surface area contributed by atoms with E-state index in [0.29, 0.717) is 25.9 Å². The summed E-state index contributed by atoms with van der Waals surface area (Å²) in [5.41, 5.74) is -1.16. The van der Waals surface area contributed by atoms with Gasteiger partial charge in [-0.05, 0) is 20.3 Å². The van der Waals surface area contributed by atoms with E-state index in [1.165, 1.54) is 0 Å². The van der Waals surface area contributed by atoms with Crippen LogP contribution >= 0.6 is 0 Å². The molecule has 3 nitrogen and oxygen atoms in total. The van der Waals surface area contributed by atoms with E-state index < -0.39 is 5.60 Å². The van der Waals surface area contributed by atoms with Crippen molar-refractivity contribution in [2.24, 2.45) is 5.92 Å². The van der Waals surface area contributed by atoms with Crippen LogP contribution in [0.5, 0.6) is 0 Å². The van der Waals surface area contributed by atoms with Gasteiger partial charge in [0.05, 0.1) is 29.8 Å². The molecule has 1 saturated heterocycles. The molecule has 14 heavy (non-hydrogen) atoms. The molecule has 0 bridgehead atoms. The standard InChI is InChI=1S/C11H19NO2/c1-4-9(7-12)11(13)5-6-14-10(2,3)8-11/h9,13H,4-6,8H2,1-3H3. The minimum Gasteiger partial charge on any atom is -0.388 e. The summed E-state index contributed by atoms with van der Waals surface area (Å²) in [6, 6.07) is 2.19. The lowest BCUT2D eigenvalue weighted by Crippen LogP contribution is -2.49. The first kappa shape index (κ1) is 11.5. The van der Waals surface area contributed by atoms with Gasteiger partial charge in [0.1, 0.15) is 0 Å². The summed E-state index contributed by atoms with van der Waals surface area (Å²) in [5, 5.41) is 19.3. The Labute approximate surface area is 85.7 Å². The topological polar surface area (TPSA) is 53.2 Å². The summed E-state index contributed by atoms with van der Waals surface area (Å²) in [6.45, 7) is 6.40. The van der Waals surface area contributed by atoms with Gasteiger partial charge in [-0.1, -0.05) is 6.92 Å². The predicted molar refractivity (Wildman–Crippen MR) is 53.6 cm³/mol. The zero-order valence-corrected chi connectivity index (χ0v) is 9.21. The highest BCUT2D eigenvalue weighted by atomic mass is 16.5. The number of nitrogens with zero attached hydrogens (tertiary/aromatic N) is 1. The summed E-state index contributed by atoms with van der Waals surface area (Å²) < 4.78 is 5.53. The fourth-order valence-corrected chi connectivity index (χ4v) is 2.27. The Morgan fingerprint density at radius 3 is 2.64 bits per heavy atom. The molecule has 1 rings (SSSR count). The first-order chi connectivity index (χ1) is 6.43. The van der Waals surface area contributed by atoms with Gasteiger partial charge < -0.3 is 9.84 Å². The second kappa shape index (κ2) is 3.88. The number of hydrogen-bond acceptors (Lipinski definition) is 3. The molecule has 3 heteroatoms. The van der Waals surface area contributed by atoms with E-state index in [1.807, 2.05) is 20.8 Å². The smallest absolute Gasteiger partial charge is 0.0854 e. The van der Waals surface area contributed by atoms with Gasteiger partial charge in [0.15, 0.2) is 0 Å². The first-order valence-electron chi connectivity index (χ1n) is 5.19. The van der Waals surface area contributed by atoms with E-state index >= 15 is 0 Å². The van der Waals surface area contributed by atoms with Crippen molar-refractivity contribution >= 4 is 0 Å². The summed E-state index contributed by atoms with van der Waals surface area (Å²) in [4.78, 5) is 0. The van der Waals surface area contributed by atoms with E-state index in [-0.39, 0.29) is 11.5 Å². The Kier molecular flexibility index (Phi) is 3.18. The molecule has 0 aliphatic carbocycles. The predicted octanol–water partition coefficient (Wildman–Crippen LogP) is 1.86. The molecule has 0 amide bonds. The Bertz CT molecular complexity index is 244. The average Bonchev–Trinajstić information content (AvgIpc) is 2.03. The average molecular weight is 197 g/mol. The number of hydrogen-bond donors (Lipinski definition) is 1. The zero-order valence-electron chi connectivity index (χ0n) is 9.21. The molecular weight excluding hydrogens is 178 g/mol. The molecule has 1 aliphatic rings. The van der Waals surface area contributed by atoms with E-state index in [4.69, 9.17) is 10.00 Å². The van der Waals surface area contributed by atoms with Crippen molar-refractivity contribution in [3.8, 4) is 6.07 Å². The normalized spacial score (nSPS) is 33.4. The summed E-state index contributed by atoms with van der Waals surface area (Å²) in [5.74, 6) is -0.273. The zero-order chi connectivity index (χ0) is 10.8. The van der Waals surface area contributed by atoms with E-state index in [9.17, 15) is 5.11 Å². The van der Waals surface area contributed by atoms with Gasteiger partial charge in [0, 0.05) is 12.8 Å². The molecular formula is C11H19NO2. The maximum atomic E-state index is 10.4. The molecule has 1 N–H and O–H groups in total. The second-order valence-corrected chi connectivity index (χ2v) is 4.73. The van der Waals surface area contributed by atoms with Crippen LogP contribution in [0.4, 0.5) is 0 Å². The van der Waals surface area contributed by atoms with Crippen molar-refractivity contribution in [2.45, 2.75) is 51.2 Å². The van der Waals surface area contributed by atoms with Gasteiger partial charge in [-0.3, -0.25) is 0 Å². The molecule has 1 heterocycles. The van der Waals surface area contributed by atoms with Gasteiger partial charge >= 0.3 is 0 Å². The Morgan fingerprint density at radius 2 is 2.21 bits per heavy atom. The molecule has 0 aromatic heterocycles. The van der Waals surface area contributed by atoms with Crippen molar-refractivity contribution in [2.75, 3.05) is 6.61 Å². The van der Waals surface area contributed by atoms with Crippen molar-refractivity contribution in [3.63, 3.8) is 0 Å². The highest BCUT2D eigenvalue weighted by Crippen LogP contribution is 2.37. The lowest BCUT2D eigenvalue weighted by atomic mass is 9.75. The fraction of sp³-hybridized carbons (Fsp3) is 0.909. The molecule has 2 unspecified atom stereocenters. The number of rotatable bonds is 2. The maximum Gasteiger partial charge on any atom is 0.0854 e. The van der Waals surface area contributed by atoms with Crippen LogP contribution in [0.2, 0.25) is 0 Å². The van der Waals surface area contributed by atoms with Crippen LogP contribution in [0.15, 0.2) is 0 Å². The van der Waals surface area contributed by atoms with Crippen LogP contribution in [-0.2, 0) is 4.74 Å². The van der Waals surface area contributed by atoms with Gasteiger partial charge in [-0.15, -0.1) is 0 Å². The molecule has 0 aromatic carbocycles. The van der Waals surface area contributed by atoms with Gasteiger partial charge in [-0.2, -0.15) is 5.26 Å². The van der Waals surface area contributed by atoms with E-state index in [0.717, 1.165) is 0 Å². The first-order valence-corrected chi connectivity index (χ1v) is 5.19. The van der Waals surface area contributed by atoms with Crippen LogP contribution < -0.4 is 0 Å². The SMILES string of the molecule is CCC(C#N)C1(O)CCOC(C)(C)C1.